The Morgan fingerprint density at radius 3 is 2.78 bits per heavy atom. The predicted molar refractivity (Wildman–Crippen MR) is 97.9 cm³/mol. The Morgan fingerprint density at radius 2 is 2.11 bits per heavy atom. The molecule has 2 fully saturated rings. The average molecular weight is 365 g/mol. The van der Waals surface area contributed by atoms with E-state index in [4.69, 9.17) is 7.98 Å². The smallest absolute Gasteiger partial charge is 0.245 e. The zero-order chi connectivity index (χ0) is 19.5. The summed E-state index contributed by atoms with van der Waals surface area (Å²) >= 11 is 0. The molecule has 1 saturated carbocycles. The SMILES string of the molecule is [B]NC(=O)C1CC2(C)CC2N1C(=O)Cn1nc(C(C)=O)c2cc(C)ncc21. The number of carbonyl (C=O) groups excluding carboxylic acids is 3. The highest BCUT2D eigenvalue weighted by molar-refractivity contribution is 6.15. The van der Waals surface area contributed by atoms with Gasteiger partial charge in [0.05, 0.1) is 11.7 Å². The van der Waals surface area contributed by atoms with Gasteiger partial charge < -0.3 is 10.1 Å². The zero-order valence-electron chi connectivity index (χ0n) is 15.5. The normalized spacial score (nSPS) is 26.1. The van der Waals surface area contributed by atoms with E-state index in [0.29, 0.717) is 23.0 Å². The molecule has 3 heterocycles. The van der Waals surface area contributed by atoms with Crippen LogP contribution in [0.3, 0.4) is 0 Å². The van der Waals surface area contributed by atoms with Crippen LogP contribution in [0.5, 0.6) is 0 Å². The number of nitrogens with zero attached hydrogens (tertiary/aromatic N) is 4. The number of carbonyl (C=O) groups is 3. The van der Waals surface area contributed by atoms with E-state index in [0.717, 1.165) is 12.1 Å². The van der Waals surface area contributed by atoms with Crippen LogP contribution in [0, 0.1) is 12.3 Å². The third kappa shape index (κ3) is 2.72. The van der Waals surface area contributed by atoms with Crippen LogP contribution in [-0.2, 0) is 16.1 Å². The molecule has 2 aromatic rings. The number of nitrogens with one attached hydrogen (secondary N) is 1. The number of aromatic nitrogens is 3. The Hall–Kier alpha value is -2.71. The molecule has 27 heavy (non-hydrogen) atoms. The number of amides is 2. The third-order valence-corrected chi connectivity index (χ3v) is 5.76. The Balaban J connectivity index is 1.67. The minimum atomic E-state index is -0.569. The minimum Gasteiger partial charge on any atom is -0.407 e. The first-order valence-electron chi connectivity index (χ1n) is 8.91. The molecule has 3 atom stereocenters. The van der Waals surface area contributed by atoms with Crippen LogP contribution >= 0.6 is 0 Å². The fourth-order valence-corrected chi connectivity index (χ4v) is 4.22. The molecule has 1 N–H and O–H groups in total. The summed E-state index contributed by atoms with van der Waals surface area (Å²) in [5.41, 5.74) is 1.68. The Bertz CT molecular complexity index is 987. The van der Waals surface area contributed by atoms with Gasteiger partial charge in [-0.05, 0) is 31.2 Å². The van der Waals surface area contributed by atoms with Crippen LogP contribution in [-0.4, -0.2) is 57.3 Å². The van der Waals surface area contributed by atoms with Crippen molar-refractivity contribution >= 4 is 36.5 Å². The molecular weight excluding hydrogens is 345 g/mol. The lowest BCUT2D eigenvalue weighted by Gasteiger charge is -2.26. The van der Waals surface area contributed by atoms with Gasteiger partial charge in [-0.3, -0.25) is 24.0 Å². The number of piperidine rings is 1. The van der Waals surface area contributed by atoms with E-state index in [1.165, 1.54) is 11.6 Å². The van der Waals surface area contributed by atoms with Crippen molar-refractivity contribution in [3.05, 3.63) is 23.7 Å². The highest BCUT2D eigenvalue weighted by atomic mass is 16.2. The number of hydrogen-bond acceptors (Lipinski definition) is 5. The highest BCUT2D eigenvalue weighted by Gasteiger charge is 2.64. The first-order valence-corrected chi connectivity index (χ1v) is 8.91. The lowest BCUT2D eigenvalue weighted by Crippen LogP contribution is -2.48. The van der Waals surface area contributed by atoms with Crippen molar-refractivity contribution in [1.29, 1.82) is 0 Å². The Labute approximate surface area is 157 Å². The molecular formula is C18H20BN5O3. The molecule has 2 aromatic heterocycles. The van der Waals surface area contributed by atoms with Crippen LogP contribution in [0.4, 0.5) is 0 Å². The molecule has 2 aliphatic rings. The van der Waals surface area contributed by atoms with Crippen molar-refractivity contribution < 1.29 is 14.4 Å². The molecule has 2 amide bonds. The molecule has 0 spiro atoms. The summed E-state index contributed by atoms with van der Waals surface area (Å²) in [4.78, 5) is 43.0. The molecule has 4 rings (SSSR count). The largest absolute Gasteiger partial charge is 0.407 e. The molecule has 1 saturated heterocycles. The van der Waals surface area contributed by atoms with Gasteiger partial charge in [0.25, 0.3) is 0 Å². The molecule has 1 aliphatic heterocycles. The van der Waals surface area contributed by atoms with Crippen molar-refractivity contribution in [2.75, 3.05) is 0 Å². The van der Waals surface area contributed by atoms with Gasteiger partial charge in [-0.15, -0.1) is 0 Å². The quantitative estimate of drug-likeness (QED) is 0.630. The maximum atomic E-state index is 13.1. The highest BCUT2D eigenvalue weighted by Crippen LogP contribution is 2.59. The van der Waals surface area contributed by atoms with Crippen LogP contribution < -0.4 is 5.23 Å². The number of Topliss-reactive ketones (excluding diaryl/α,β-unsaturated/α-hetero) is 1. The van der Waals surface area contributed by atoms with Crippen LogP contribution in [0.2, 0.25) is 0 Å². The van der Waals surface area contributed by atoms with Crippen LogP contribution in [0.25, 0.3) is 10.9 Å². The van der Waals surface area contributed by atoms with Gasteiger partial charge >= 0.3 is 0 Å². The second-order valence-corrected chi connectivity index (χ2v) is 7.81. The van der Waals surface area contributed by atoms with Gasteiger partial charge in [-0.2, -0.15) is 5.10 Å². The van der Waals surface area contributed by atoms with Gasteiger partial charge in [-0.1, -0.05) is 6.92 Å². The number of hydrogen-bond donors (Lipinski definition) is 1. The number of rotatable bonds is 4. The number of aryl methyl sites for hydroxylation is 1. The van der Waals surface area contributed by atoms with E-state index >= 15 is 0 Å². The standard InChI is InChI=1S/C18H20BN5O3/c1-9-4-11-13(7-20-9)23(22-16(11)10(2)25)8-15(26)24-12(17(27)21-19)5-18(3)6-14(18)24/h4,7,12,14H,5-6,8H2,1-3H3,(H,21,27). The fourth-order valence-electron chi connectivity index (χ4n) is 4.22. The minimum absolute atomic E-state index is 0.0256. The number of fused-ring (bicyclic) bond motifs is 2. The molecule has 138 valence electrons. The summed E-state index contributed by atoms with van der Waals surface area (Å²) in [5, 5.41) is 7.18. The third-order valence-electron chi connectivity index (χ3n) is 5.76. The Kier molecular flexibility index (Phi) is 3.87. The van der Waals surface area contributed by atoms with E-state index in [1.54, 1.807) is 17.2 Å². The van der Waals surface area contributed by atoms with Crippen molar-refractivity contribution in [3.8, 4) is 0 Å². The first kappa shape index (κ1) is 17.7. The second-order valence-electron chi connectivity index (χ2n) is 7.81. The maximum Gasteiger partial charge on any atom is 0.245 e. The zero-order valence-corrected chi connectivity index (χ0v) is 15.5. The fraction of sp³-hybridized carbons (Fsp3) is 0.500. The Morgan fingerprint density at radius 1 is 1.37 bits per heavy atom. The summed E-state index contributed by atoms with van der Waals surface area (Å²) in [5.74, 6) is -0.744. The molecule has 0 bridgehead atoms. The lowest BCUT2D eigenvalue weighted by molar-refractivity contribution is -0.139. The summed E-state index contributed by atoms with van der Waals surface area (Å²) in [6, 6.07) is 1.26. The van der Waals surface area contributed by atoms with Crippen molar-refractivity contribution in [2.45, 2.75) is 52.2 Å². The lowest BCUT2D eigenvalue weighted by atomic mass is 10.0. The van der Waals surface area contributed by atoms with Gasteiger partial charge in [0.1, 0.15) is 18.3 Å². The summed E-state index contributed by atoms with van der Waals surface area (Å²) < 4.78 is 1.50. The molecule has 2 radical (unpaired) electrons. The topological polar surface area (TPSA) is 97.2 Å². The van der Waals surface area contributed by atoms with E-state index in [1.807, 2.05) is 6.92 Å². The van der Waals surface area contributed by atoms with E-state index < -0.39 is 6.04 Å². The summed E-state index contributed by atoms with van der Waals surface area (Å²) in [7, 11) is 5.29. The molecule has 0 aromatic carbocycles. The van der Waals surface area contributed by atoms with Crippen LogP contribution in [0.15, 0.2) is 12.3 Å². The van der Waals surface area contributed by atoms with Gasteiger partial charge in [0.2, 0.25) is 19.8 Å². The van der Waals surface area contributed by atoms with Gasteiger partial charge in [0, 0.05) is 24.0 Å². The van der Waals surface area contributed by atoms with Crippen LogP contribution in [0.1, 0.15) is 42.9 Å². The summed E-state index contributed by atoms with van der Waals surface area (Å²) in [6.45, 7) is 5.29. The van der Waals surface area contributed by atoms with Gasteiger partial charge in [-0.25, -0.2) is 0 Å². The summed E-state index contributed by atoms with van der Waals surface area (Å²) in [6.07, 6.45) is 3.10. The van der Waals surface area contributed by atoms with E-state index in [-0.39, 0.29) is 35.6 Å². The van der Waals surface area contributed by atoms with Gasteiger partial charge in [0.15, 0.2) is 5.78 Å². The average Bonchev–Trinajstić information content (AvgIpc) is 2.99. The van der Waals surface area contributed by atoms with E-state index in [9.17, 15) is 14.4 Å². The molecule has 8 nitrogen and oxygen atoms in total. The number of pyridine rings is 1. The molecule has 3 unspecified atom stereocenters. The second kappa shape index (κ2) is 5.90. The molecule has 9 heteroatoms. The van der Waals surface area contributed by atoms with Crippen molar-refractivity contribution in [1.82, 2.24) is 24.9 Å². The number of ketones is 1. The monoisotopic (exact) mass is 365 g/mol. The predicted octanol–water partition coefficient (Wildman–Crippen LogP) is 0.522. The van der Waals surface area contributed by atoms with E-state index in [2.05, 4.69) is 22.2 Å². The number of likely N-dealkylation sites (tertiary alicyclic amines) is 1. The molecule has 1 aliphatic carbocycles. The van der Waals surface area contributed by atoms with Crippen molar-refractivity contribution in [2.24, 2.45) is 5.41 Å². The first-order chi connectivity index (χ1) is 12.7. The van der Waals surface area contributed by atoms with Crippen molar-refractivity contribution in [3.63, 3.8) is 0 Å². The maximum absolute atomic E-state index is 13.1.